The quantitative estimate of drug-likeness (QED) is 0.296. The average Bonchev–Trinajstić information content (AvgIpc) is 3.58. The van der Waals surface area contributed by atoms with Gasteiger partial charge in [-0.25, -0.2) is 0 Å². The van der Waals surface area contributed by atoms with E-state index in [1.54, 1.807) is 18.5 Å². The third-order valence-electron chi connectivity index (χ3n) is 6.60. The van der Waals surface area contributed by atoms with E-state index in [1.165, 1.54) is 17.8 Å². The number of benzene rings is 2. The Morgan fingerprint density at radius 3 is 2.76 bits per heavy atom. The summed E-state index contributed by atoms with van der Waals surface area (Å²) in [4.78, 5) is 9.14. The molecule has 0 radical (unpaired) electrons. The van der Waals surface area contributed by atoms with Crippen molar-refractivity contribution in [2.24, 2.45) is 0 Å². The van der Waals surface area contributed by atoms with E-state index in [0.29, 0.717) is 11.3 Å². The molecule has 0 bridgehead atoms. The second-order valence-electron chi connectivity index (χ2n) is 8.99. The molecule has 2 aliphatic heterocycles. The third kappa shape index (κ3) is 3.83. The fourth-order valence-corrected chi connectivity index (χ4v) is 4.98. The number of aryl methyl sites for hydroxylation is 1. The van der Waals surface area contributed by atoms with Gasteiger partial charge in [0.1, 0.15) is 18.1 Å². The highest BCUT2D eigenvalue weighted by Gasteiger charge is 2.43. The molecule has 9 heteroatoms. The Morgan fingerprint density at radius 2 is 1.86 bits per heavy atom. The lowest BCUT2D eigenvalue weighted by Crippen LogP contribution is -2.25. The SMILES string of the molecule is FC1(F)Oc2ccc(COc3ccc4c(-c5c(-c6ccccn6)nn6c5CCC6)ccnc4c3)cc2O1. The van der Waals surface area contributed by atoms with Crippen molar-refractivity contribution in [3.05, 3.63) is 84.3 Å². The lowest BCUT2D eigenvalue weighted by atomic mass is 9.96. The largest absolute Gasteiger partial charge is 0.586 e. The number of ether oxygens (including phenoxy) is 3. The van der Waals surface area contributed by atoms with Crippen LogP contribution in [0.1, 0.15) is 17.7 Å². The topological polar surface area (TPSA) is 71.3 Å². The molecular weight excluding hydrogens is 478 g/mol. The van der Waals surface area contributed by atoms with Crippen LogP contribution in [0.25, 0.3) is 33.4 Å². The van der Waals surface area contributed by atoms with Crippen molar-refractivity contribution >= 4 is 10.9 Å². The lowest BCUT2D eigenvalue weighted by Gasteiger charge is -2.11. The molecule has 2 aliphatic rings. The number of alkyl halides is 2. The molecule has 0 amide bonds. The summed E-state index contributed by atoms with van der Waals surface area (Å²) in [6.07, 6.45) is 1.96. The molecule has 184 valence electrons. The van der Waals surface area contributed by atoms with Crippen molar-refractivity contribution in [3.63, 3.8) is 0 Å². The van der Waals surface area contributed by atoms with E-state index < -0.39 is 6.29 Å². The first-order chi connectivity index (χ1) is 18.0. The molecule has 0 fully saturated rings. The minimum atomic E-state index is -3.64. The van der Waals surface area contributed by atoms with Gasteiger partial charge in [0.05, 0.1) is 11.2 Å². The van der Waals surface area contributed by atoms with Crippen LogP contribution in [0.15, 0.2) is 73.1 Å². The van der Waals surface area contributed by atoms with E-state index in [4.69, 9.17) is 9.84 Å². The van der Waals surface area contributed by atoms with E-state index in [0.717, 1.165) is 52.8 Å². The number of halogens is 2. The zero-order chi connectivity index (χ0) is 25.0. The predicted octanol–water partition coefficient (Wildman–Crippen LogP) is 6.01. The summed E-state index contributed by atoms with van der Waals surface area (Å²) in [6.45, 7) is 1.07. The summed E-state index contributed by atoms with van der Waals surface area (Å²) < 4.78 is 43.6. The molecule has 7 rings (SSSR count). The van der Waals surface area contributed by atoms with E-state index >= 15 is 0 Å². The summed E-state index contributed by atoms with van der Waals surface area (Å²) in [5.41, 5.74) is 6.53. The maximum absolute atomic E-state index is 13.3. The van der Waals surface area contributed by atoms with Crippen LogP contribution in [-0.4, -0.2) is 26.0 Å². The molecule has 0 atom stereocenters. The van der Waals surface area contributed by atoms with Crippen LogP contribution in [0.4, 0.5) is 8.78 Å². The van der Waals surface area contributed by atoms with Gasteiger partial charge in [-0.2, -0.15) is 5.10 Å². The van der Waals surface area contributed by atoms with Crippen LogP contribution in [0.3, 0.4) is 0 Å². The fourth-order valence-electron chi connectivity index (χ4n) is 4.98. The van der Waals surface area contributed by atoms with E-state index in [2.05, 4.69) is 24.1 Å². The molecule has 0 unspecified atom stereocenters. The van der Waals surface area contributed by atoms with E-state index in [-0.39, 0.29) is 18.1 Å². The molecule has 0 aliphatic carbocycles. The molecule has 37 heavy (non-hydrogen) atoms. The summed E-state index contributed by atoms with van der Waals surface area (Å²) in [5, 5.41) is 5.89. The van der Waals surface area contributed by atoms with Crippen LogP contribution in [-0.2, 0) is 19.6 Å². The first-order valence-corrected chi connectivity index (χ1v) is 12.0. The van der Waals surface area contributed by atoms with Gasteiger partial charge in [0.25, 0.3) is 0 Å². The van der Waals surface area contributed by atoms with E-state index in [1.807, 2.05) is 42.5 Å². The Kier molecular flexibility index (Phi) is 4.85. The van der Waals surface area contributed by atoms with E-state index in [9.17, 15) is 8.78 Å². The van der Waals surface area contributed by atoms with Gasteiger partial charge in [0, 0.05) is 41.6 Å². The first kappa shape index (κ1) is 21.7. The minimum Gasteiger partial charge on any atom is -0.489 e. The van der Waals surface area contributed by atoms with Crippen molar-refractivity contribution in [1.29, 1.82) is 0 Å². The summed E-state index contributed by atoms with van der Waals surface area (Å²) in [5.74, 6) is 0.617. The molecule has 2 aromatic carbocycles. The van der Waals surface area contributed by atoms with Gasteiger partial charge in [0.2, 0.25) is 0 Å². The van der Waals surface area contributed by atoms with Crippen LogP contribution < -0.4 is 14.2 Å². The maximum Gasteiger partial charge on any atom is 0.586 e. The smallest absolute Gasteiger partial charge is 0.489 e. The molecule has 0 N–H and O–H groups in total. The Labute approximate surface area is 210 Å². The minimum absolute atomic E-state index is 0.00617. The van der Waals surface area contributed by atoms with Crippen molar-refractivity contribution in [3.8, 4) is 39.8 Å². The zero-order valence-electron chi connectivity index (χ0n) is 19.5. The standard InChI is InChI=1S/C28H20F2N4O3/c29-28(30)36-24-9-6-17(14-25(24)37-28)16-35-18-7-8-19-20(10-12-32-22(19)15-18)26-23-5-3-13-34(23)33-27(26)21-4-1-2-11-31-21/h1-2,4,6-12,14-15H,3,5,13,16H2. The van der Waals surface area contributed by atoms with Crippen LogP contribution in [0.2, 0.25) is 0 Å². The Balaban J connectivity index is 1.21. The number of pyridine rings is 2. The first-order valence-electron chi connectivity index (χ1n) is 12.0. The number of rotatable bonds is 5. The Hall–Kier alpha value is -4.53. The monoisotopic (exact) mass is 498 g/mol. The molecule has 3 aromatic heterocycles. The van der Waals surface area contributed by atoms with Crippen molar-refractivity contribution in [2.45, 2.75) is 32.3 Å². The van der Waals surface area contributed by atoms with Crippen molar-refractivity contribution in [1.82, 2.24) is 19.7 Å². The van der Waals surface area contributed by atoms with Crippen molar-refractivity contribution in [2.75, 3.05) is 0 Å². The highest BCUT2D eigenvalue weighted by atomic mass is 19.3. The second-order valence-corrected chi connectivity index (χ2v) is 8.99. The molecule has 0 saturated heterocycles. The highest BCUT2D eigenvalue weighted by molar-refractivity contribution is 5.99. The lowest BCUT2D eigenvalue weighted by molar-refractivity contribution is -0.286. The number of nitrogens with zero attached hydrogens (tertiary/aromatic N) is 4. The Bertz CT molecular complexity index is 1650. The molecule has 0 spiro atoms. The highest BCUT2D eigenvalue weighted by Crippen LogP contribution is 2.42. The average molecular weight is 498 g/mol. The van der Waals surface area contributed by atoms with Crippen LogP contribution in [0.5, 0.6) is 17.2 Å². The van der Waals surface area contributed by atoms with Gasteiger partial charge in [-0.05, 0) is 66.4 Å². The normalized spacial score (nSPS) is 15.2. The number of fused-ring (bicyclic) bond motifs is 3. The van der Waals surface area contributed by atoms with Crippen LogP contribution >= 0.6 is 0 Å². The third-order valence-corrected chi connectivity index (χ3v) is 6.60. The summed E-state index contributed by atoms with van der Waals surface area (Å²) in [6, 6.07) is 18.2. The van der Waals surface area contributed by atoms with Gasteiger partial charge in [-0.15, -0.1) is 8.78 Å². The number of aromatic nitrogens is 4. The summed E-state index contributed by atoms with van der Waals surface area (Å²) in [7, 11) is 0. The van der Waals surface area contributed by atoms with Gasteiger partial charge in [-0.3, -0.25) is 14.6 Å². The second kappa shape index (κ2) is 8.26. The van der Waals surface area contributed by atoms with Crippen molar-refractivity contribution < 1.29 is 23.0 Å². The Morgan fingerprint density at radius 1 is 0.946 bits per heavy atom. The molecule has 0 saturated carbocycles. The van der Waals surface area contributed by atoms with Gasteiger partial charge >= 0.3 is 6.29 Å². The van der Waals surface area contributed by atoms with Gasteiger partial charge in [0.15, 0.2) is 11.5 Å². The predicted molar refractivity (Wildman–Crippen MR) is 131 cm³/mol. The maximum atomic E-state index is 13.3. The molecule has 7 nitrogen and oxygen atoms in total. The van der Waals surface area contributed by atoms with Gasteiger partial charge < -0.3 is 14.2 Å². The number of hydrogen-bond donors (Lipinski definition) is 0. The number of hydrogen-bond acceptors (Lipinski definition) is 6. The fraction of sp³-hybridized carbons (Fsp3) is 0.179. The molecule has 5 heterocycles. The summed E-state index contributed by atoms with van der Waals surface area (Å²) >= 11 is 0. The zero-order valence-corrected chi connectivity index (χ0v) is 19.5. The van der Waals surface area contributed by atoms with Gasteiger partial charge in [-0.1, -0.05) is 12.1 Å². The molecular formula is C28H20F2N4O3. The molecule has 5 aromatic rings. The van der Waals surface area contributed by atoms with Crippen LogP contribution in [0, 0.1) is 0 Å².